The van der Waals surface area contributed by atoms with Gasteiger partial charge in [0.15, 0.2) is 4.80 Å². The first kappa shape index (κ1) is 12.3. The molecule has 2 aromatic heterocycles. The fourth-order valence-electron chi connectivity index (χ4n) is 1.55. The third-order valence-electron chi connectivity index (χ3n) is 2.57. The van der Waals surface area contributed by atoms with Crippen molar-refractivity contribution in [3.05, 3.63) is 37.8 Å². The van der Waals surface area contributed by atoms with E-state index in [1.165, 1.54) is 33.1 Å². The molecule has 0 aliphatic rings. The molecule has 0 radical (unpaired) electrons. The maximum Gasteiger partial charge on any atom is 0.289 e. The lowest BCUT2D eigenvalue weighted by molar-refractivity contribution is 0.100. The molecule has 0 spiro atoms. The van der Waals surface area contributed by atoms with Crippen molar-refractivity contribution in [2.75, 3.05) is 0 Å². The first-order chi connectivity index (χ1) is 8.11. The Morgan fingerprint density at radius 2 is 2.29 bits per heavy atom. The molecule has 0 aliphatic heterocycles. The van der Waals surface area contributed by atoms with Crippen molar-refractivity contribution in [1.29, 1.82) is 0 Å². The quantitative estimate of drug-likeness (QED) is 0.823. The van der Waals surface area contributed by atoms with Crippen LogP contribution in [-0.4, -0.2) is 10.5 Å². The summed E-state index contributed by atoms with van der Waals surface area (Å²) in [5.41, 5.74) is 1.24. The summed E-state index contributed by atoms with van der Waals surface area (Å²) in [5.74, 6) is -0.143. The molecule has 0 aliphatic carbocycles. The number of rotatable bonds is 2. The lowest BCUT2D eigenvalue weighted by Gasteiger charge is -1.89. The molecule has 5 heteroatoms. The first-order valence-electron chi connectivity index (χ1n) is 5.40. The number of aryl methyl sites for hydroxylation is 3. The van der Waals surface area contributed by atoms with Crippen molar-refractivity contribution < 1.29 is 4.79 Å². The summed E-state index contributed by atoms with van der Waals surface area (Å²) in [5, 5.41) is 1.92. The van der Waals surface area contributed by atoms with E-state index in [-0.39, 0.29) is 5.91 Å². The lowest BCUT2D eigenvalue weighted by atomic mass is 10.2. The van der Waals surface area contributed by atoms with Crippen molar-refractivity contribution in [3.63, 3.8) is 0 Å². The molecule has 0 N–H and O–H groups in total. The van der Waals surface area contributed by atoms with Crippen LogP contribution < -0.4 is 4.80 Å². The van der Waals surface area contributed by atoms with Crippen LogP contribution in [0.15, 0.2) is 22.6 Å². The molecule has 0 saturated carbocycles. The molecule has 0 bridgehead atoms. The average molecular weight is 266 g/mol. The molecule has 0 unspecified atom stereocenters. The summed E-state index contributed by atoms with van der Waals surface area (Å²) < 4.78 is 1.85. The van der Waals surface area contributed by atoms with Crippen molar-refractivity contribution in [2.45, 2.75) is 20.3 Å². The van der Waals surface area contributed by atoms with Gasteiger partial charge >= 0.3 is 0 Å². The van der Waals surface area contributed by atoms with Crippen LogP contribution in [0.2, 0.25) is 0 Å². The number of carbonyl (C=O) groups excluding carboxylic acids is 1. The van der Waals surface area contributed by atoms with E-state index < -0.39 is 0 Å². The summed E-state index contributed by atoms with van der Waals surface area (Å²) >= 11 is 3.00. The molecular formula is C12H14N2OS2. The Kier molecular flexibility index (Phi) is 3.59. The first-order valence-corrected chi connectivity index (χ1v) is 7.10. The molecule has 1 amide bonds. The van der Waals surface area contributed by atoms with Gasteiger partial charge in [0.1, 0.15) is 0 Å². The third kappa shape index (κ3) is 2.56. The number of carbonyl (C=O) groups is 1. The molecule has 0 fully saturated rings. The Balaban J connectivity index is 2.35. The van der Waals surface area contributed by atoms with E-state index in [1.54, 1.807) is 0 Å². The highest BCUT2D eigenvalue weighted by atomic mass is 32.1. The Morgan fingerprint density at radius 1 is 1.53 bits per heavy atom. The number of thiazole rings is 1. The fourth-order valence-corrected chi connectivity index (χ4v) is 3.28. The maximum absolute atomic E-state index is 12.0. The fraction of sp³-hybridized carbons (Fsp3) is 0.333. The van der Waals surface area contributed by atoms with E-state index in [4.69, 9.17) is 0 Å². The minimum absolute atomic E-state index is 0.143. The van der Waals surface area contributed by atoms with Gasteiger partial charge in [-0.1, -0.05) is 6.92 Å². The maximum atomic E-state index is 12.0. The summed E-state index contributed by atoms with van der Waals surface area (Å²) in [6.45, 7) is 4.14. The molecule has 0 atom stereocenters. The van der Waals surface area contributed by atoms with E-state index in [9.17, 15) is 4.79 Å². The molecule has 2 heterocycles. The third-order valence-corrected chi connectivity index (χ3v) is 4.50. The summed E-state index contributed by atoms with van der Waals surface area (Å²) in [6, 6.07) is 1.96. The van der Waals surface area contributed by atoms with Crippen LogP contribution in [0.25, 0.3) is 0 Å². The predicted molar refractivity (Wildman–Crippen MR) is 71.6 cm³/mol. The standard InChI is InChI=1S/C12H14N2OS2/c1-4-9-7-10(17-8(9)2)11(15)13-12-14(3)5-6-16-12/h5-7H,4H2,1-3H3. The second-order valence-electron chi connectivity index (χ2n) is 3.76. The molecule has 0 saturated heterocycles. The van der Waals surface area contributed by atoms with Crippen LogP contribution >= 0.6 is 22.7 Å². The van der Waals surface area contributed by atoms with Gasteiger partial charge in [0.25, 0.3) is 5.91 Å². The van der Waals surface area contributed by atoms with Crippen molar-refractivity contribution in [1.82, 2.24) is 4.57 Å². The summed E-state index contributed by atoms with van der Waals surface area (Å²) in [4.78, 5) is 18.8. The molecule has 90 valence electrons. The minimum atomic E-state index is -0.143. The Labute approximate surface area is 108 Å². The van der Waals surface area contributed by atoms with Crippen LogP contribution in [0.4, 0.5) is 0 Å². The smallest absolute Gasteiger partial charge is 0.289 e. The van der Waals surface area contributed by atoms with Gasteiger partial charge < -0.3 is 4.57 Å². The van der Waals surface area contributed by atoms with Crippen molar-refractivity contribution in [2.24, 2.45) is 12.0 Å². The van der Waals surface area contributed by atoms with Gasteiger partial charge in [0.2, 0.25) is 0 Å². The largest absolute Gasteiger partial charge is 0.327 e. The number of hydrogen-bond acceptors (Lipinski definition) is 3. The number of aromatic nitrogens is 1. The highest BCUT2D eigenvalue weighted by Gasteiger charge is 2.10. The minimum Gasteiger partial charge on any atom is -0.327 e. The van der Waals surface area contributed by atoms with Gasteiger partial charge in [0.05, 0.1) is 4.88 Å². The van der Waals surface area contributed by atoms with Crippen molar-refractivity contribution in [3.8, 4) is 0 Å². The van der Waals surface area contributed by atoms with Crippen molar-refractivity contribution >= 4 is 28.6 Å². The highest BCUT2D eigenvalue weighted by molar-refractivity contribution is 7.14. The lowest BCUT2D eigenvalue weighted by Crippen LogP contribution is -2.12. The predicted octanol–water partition coefficient (Wildman–Crippen LogP) is 2.76. The number of nitrogens with zero attached hydrogens (tertiary/aromatic N) is 2. The van der Waals surface area contributed by atoms with Crippen LogP contribution in [0.5, 0.6) is 0 Å². The second-order valence-corrected chi connectivity index (χ2v) is 5.89. The second kappa shape index (κ2) is 4.98. The Hall–Kier alpha value is -1.20. The number of hydrogen-bond donors (Lipinski definition) is 0. The molecule has 2 rings (SSSR count). The highest BCUT2D eigenvalue weighted by Crippen LogP contribution is 2.22. The van der Waals surface area contributed by atoms with Crippen LogP contribution in [0, 0.1) is 6.92 Å². The molecule has 2 aromatic rings. The summed E-state index contributed by atoms with van der Waals surface area (Å²) in [7, 11) is 1.89. The number of thiophene rings is 1. The van der Waals surface area contributed by atoms with Gasteiger partial charge in [-0.15, -0.1) is 22.7 Å². The van der Waals surface area contributed by atoms with E-state index in [0.29, 0.717) is 0 Å². The Bertz CT molecular complexity index is 604. The monoisotopic (exact) mass is 266 g/mol. The van der Waals surface area contributed by atoms with E-state index in [1.807, 2.05) is 36.2 Å². The summed E-state index contributed by atoms with van der Waals surface area (Å²) in [6.07, 6.45) is 2.86. The Morgan fingerprint density at radius 3 is 2.82 bits per heavy atom. The normalized spacial score (nSPS) is 12.1. The zero-order valence-electron chi connectivity index (χ0n) is 10.1. The van der Waals surface area contributed by atoms with E-state index in [2.05, 4.69) is 11.9 Å². The molecular weight excluding hydrogens is 252 g/mol. The van der Waals surface area contributed by atoms with E-state index in [0.717, 1.165) is 16.1 Å². The van der Waals surface area contributed by atoms with Crippen LogP contribution in [0.1, 0.15) is 27.0 Å². The van der Waals surface area contributed by atoms with E-state index >= 15 is 0 Å². The zero-order chi connectivity index (χ0) is 12.4. The molecule has 17 heavy (non-hydrogen) atoms. The number of amides is 1. The topological polar surface area (TPSA) is 34.4 Å². The van der Waals surface area contributed by atoms with Gasteiger partial charge in [-0.3, -0.25) is 4.79 Å². The average Bonchev–Trinajstić information content (AvgIpc) is 2.86. The van der Waals surface area contributed by atoms with Gasteiger partial charge in [-0.05, 0) is 25.0 Å². The van der Waals surface area contributed by atoms with Gasteiger partial charge in [0, 0.05) is 23.5 Å². The molecule has 0 aromatic carbocycles. The SMILES string of the molecule is CCc1cc(C(=O)N=c2sccn2C)sc1C. The van der Waals surface area contributed by atoms with Crippen LogP contribution in [0.3, 0.4) is 0 Å². The zero-order valence-corrected chi connectivity index (χ0v) is 11.7. The van der Waals surface area contributed by atoms with Gasteiger partial charge in [-0.25, -0.2) is 0 Å². The van der Waals surface area contributed by atoms with Crippen LogP contribution in [-0.2, 0) is 13.5 Å². The molecule has 3 nitrogen and oxygen atoms in total. The van der Waals surface area contributed by atoms with Gasteiger partial charge in [-0.2, -0.15) is 4.99 Å².